The van der Waals surface area contributed by atoms with E-state index in [0.29, 0.717) is 0 Å². The molecule has 0 nitrogen and oxygen atoms in total. The molecule has 0 aromatic carbocycles. The van der Waals surface area contributed by atoms with E-state index >= 15 is 0 Å². The molecule has 0 fully saturated rings. The fourth-order valence-electron chi connectivity index (χ4n) is 5.72. The minimum absolute atomic E-state index is 0.0917. The highest BCUT2D eigenvalue weighted by molar-refractivity contribution is 8.56. The van der Waals surface area contributed by atoms with Gasteiger partial charge in [0.15, 0.2) is 0 Å². The average Bonchev–Trinajstić information content (AvgIpc) is 2.82. The van der Waals surface area contributed by atoms with Crippen LogP contribution in [-0.2, 0) is 0 Å². The fourth-order valence-corrected chi connectivity index (χ4v) is 21.9. The second-order valence-corrected chi connectivity index (χ2v) is 27.6. The first-order chi connectivity index (χ1) is 19.2. The molecule has 248 valence electrons. The van der Waals surface area contributed by atoms with Crippen molar-refractivity contribution in [2.75, 3.05) is 48.1 Å². The molecular weight excluding hydrogens is 610 g/mol. The molecule has 7 atom stereocenters. The summed E-state index contributed by atoms with van der Waals surface area (Å²) in [5, 5.41) is 0. The lowest BCUT2D eigenvalue weighted by molar-refractivity contribution is 0.465. The molecule has 0 bridgehead atoms. The van der Waals surface area contributed by atoms with Gasteiger partial charge in [0.05, 0.1) is 0 Å². The highest BCUT2D eigenvalue weighted by Gasteiger charge is 2.22. The van der Waals surface area contributed by atoms with Crippen LogP contribution >= 0.6 is 56.2 Å². The van der Waals surface area contributed by atoms with Crippen LogP contribution < -0.4 is 0 Å². The summed E-state index contributed by atoms with van der Waals surface area (Å²) in [4.78, 5) is 0. The summed E-state index contributed by atoms with van der Waals surface area (Å²) in [5.41, 5.74) is 0. The van der Waals surface area contributed by atoms with Crippen LogP contribution in [0.5, 0.6) is 0 Å². The Bertz CT molecular complexity index is 569. The van der Waals surface area contributed by atoms with Gasteiger partial charge >= 0.3 is 0 Å². The Morgan fingerprint density at radius 1 is 0.537 bits per heavy atom. The number of hydrogen-bond acceptors (Lipinski definition) is 3. The largest absolute Gasteiger partial charge is 0.137 e. The van der Waals surface area contributed by atoms with Gasteiger partial charge in [-0.3, -0.25) is 0 Å². The topological polar surface area (TPSA) is 0 Å². The van der Waals surface area contributed by atoms with Crippen molar-refractivity contribution in [1.29, 1.82) is 0 Å². The normalized spacial score (nSPS) is 18.1. The standard InChI is InChI=1S/C35H75P3S3/c1-14-35(26-39-36-20-31(10)17-28(4)5)24-38(40-16-15-27(2)3)23-34(13)25-41-37(21-32(11)18-29(6)7)22-33(12)19-30(8)9/h27-36H,14-26H2,1-13H3. The first-order valence-corrected chi connectivity index (χ1v) is 26.8. The van der Waals surface area contributed by atoms with Gasteiger partial charge in [0, 0.05) is 11.5 Å². The summed E-state index contributed by atoms with van der Waals surface area (Å²) in [5.74, 6) is 12.0. The average molecular weight is 685 g/mol. The van der Waals surface area contributed by atoms with E-state index in [1.165, 1.54) is 80.2 Å². The maximum Gasteiger partial charge on any atom is 0.000363 e. The summed E-state index contributed by atoms with van der Waals surface area (Å²) >= 11 is 7.11. The third kappa shape index (κ3) is 27.2. The molecular formula is C35H75P3S3. The van der Waals surface area contributed by atoms with E-state index in [1.807, 2.05) is 0 Å². The molecule has 41 heavy (non-hydrogen) atoms. The maximum absolute atomic E-state index is 2.60. The van der Waals surface area contributed by atoms with Gasteiger partial charge in [-0.1, -0.05) is 104 Å². The molecule has 0 rings (SSSR count). The molecule has 0 N–H and O–H groups in total. The van der Waals surface area contributed by atoms with Crippen LogP contribution in [0.1, 0.15) is 122 Å². The highest BCUT2D eigenvalue weighted by Crippen LogP contribution is 2.57. The molecule has 0 aliphatic heterocycles. The zero-order chi connectivity index (χ0) is 31.4. The number of hydrogen-bond donors (Lipinski definition) is 0. The lowest BCUT2D eigenvalue weighted by Gasteiger charge is -2.28. The summed E-state index contributed by atoms with van der Waals surface area (Å²) < 4.78 is 0. The van der Waals surface area contributed by atoms with Crippen molar-refractivity contribution < 1.29 is 0 Å². The van der Waals surface area contributed by atoms with Gasteiger partial charge < -0.3 is 0 Å². The van der Waals surface area contributed by atoms with Crippen LogP contribution in [0.2, 0.25) is 0 Å². The molecule has 0 spiro atoms. The van der Waals surface area contributed by atoms with Gasteiger partial charge in [-0.2, -0.15) is 0 Å². The quantitative estimate of drug-likeness (QED) is 0.0624. The molecule has 6 heteroatoms. The second-order valence-electron chi connectivity index (χ2n) is 15.2. The van der Waals surface area contributed by atoms with Crippen LogP contribution in [0.3, 0.4) is 0 Å². The molecule has 0 aliphatic rings. The Morgan fingerprint density at radius 3 is 1.51 bits per heavy atom. The summed E-state index contributed by atoms with van der Waals surface area (Å²) in [6.45, 7) is 31.8. The van der Waals surface area contributed by atoms with Crippen LogP contribution in [0, 0.1) is 53.3 Å². The molecule has 0 aromatic rings. The molecule has 0 aliphatic carbocycles. The second kappa shape index (κ2) is 26.4. The van der Waals surface area contributed by atoms with Crippen molar-refractivity contribution in [3.63, 3.8) is 0 Å². The van der Waals surface area contributed by atoms with Crippen LogP contribution in [0.25, 0.3) is 0 Å². The SMILES string of the molecule is CCC(CSPCC(C)CC(C)C)CP(CC(C)CSP(CC(C)CC(C)C)CC(C)CC(C)C)SCCC(C)C. The molecule has 7 unspecified atom stereocenters. The van der Waals surface area contributed by atoms with E-state index in [2.05, 4.69) is 124 Å². The number of rotatable bonds is 27. The Kier molecular flexibility index (Phi) is 27.9. The third-order valence-corrected chi connectivity index (χ3v) is 21.7. The van der Waals surface area contributed by atoms with E-state index in [1.54, 1.807) is 0 Å². The lowest BCUT2D eigenvalue weighted by atomic mass is 10.0. The Morgan fingerprint density at radius 2 is 1.02 bits per heavy atom. The molecule has 0 aromatic heterocycles. The molecule has 0 amide bonds. The third-order valence-electron chi connectivity index (χ3n) is 7.57. The van der Waals surface area contributed by atoms with Crippen molar-refractivity contribution in [2.45, 2.75) is 122 Å². The lowest BCUT2D eigenvalue weighted by Crippen LogP contribution is -2.12. The minimum Gasteiger partial charge on any atom is -0.137 e. The first-order valence-electron chi connectivity index (χ1n) is 17.3. The van der Waals surface area contributed by atoms with Crippen molar-refractivity contribution in [1.82, 2.24) is 0 Å². The van der Waals surface area contributed by atoms with E-state index in [0.717, 1.165) is 61.0 Å². The summed E-state index contributed by atoms with van der Waals surface area (Å²) in [7, 11) is 1.29. The van der Waals surface area contributed by atoms with Gasteiger partial charge in [-0.15, -0.1) is 34.1 Å². The van der Waals surface area contributed by atoms with Gasteiger partial charge in [-0.05, 0) is 130 Å². The van der Waals surface area contributed by atoms with Gasteiger partial charge in [0.2, 0.25) is 0 Å². The zero-order valence-corrected chi connectivity index (χ0v) is 35.2. The first kappa shape index (κ1) is 43.3. The fraction of sp³-hybridized carbons (Fsp3) is 1.00. The smallest absolute Gasteiger partial charge is 0.000363 e. The maximum atomic E-state index is 2.60. The Hall–Kier alpha value is 2.34. The highest BCUT2D eigenvalue weighted by atomic mass is 32.7. The van der Waals surface area contributed by atoms with Gasteiger partial charge in [0.1, 0.15) is 0 Å². The van der Waals surface area contributed by atoms with Gasteiger partial charge in [0.25, 0.3) is 0 Å². The molecule has 0 saturated heterocycles. The van der Waals surface area contributed by atoms with Gasteiger partial charge in [-0.25, -0.2) is 0 Å². The van der Waals surface area contributed by atoms with Crippen molar-refractivity contribution in [2.24, 2.45) is 53.3 Å². The van der Waals surface area contributed by atoms with E-state index in [-0.39, 0.29) is 14.2 Å². The zero-order valence-electron chi connectivity index (χ0n) is 30.0. The Balaban J connectivity index is 5.05. The summed E-state index contributed by atoms with van der Waals surface area (Å²) in [6.07, 6.45) is 14.4. The van der Waals surface area contributed by atoms with Crippen molar-refractivity contribution in [3.8, 4) is 0 Å². The molecule has 0 saturated carbocycles. The molecule has 0 heterocycles. The summed E-state index contributed by atoms with van der Waals surface area (Å²) in [6, 6.07) is 0. The monoisotopic (exact) mass is 684 g/mol. The van der Waals surface area contributed by atoms with E-state index < -0.39 is 0 Å². The van der Waals surface area contributed by atoms with Crippen LogP contribution in [-0.4, -0.2) is 48.1 Å². The Labute approximate surface area is 278 Å². The van der Waals surface area contributed by atoms with E-state index in [9.17, 15) is 0 Å². The van der Waals surface area contributed by atoms with Crippen LogP contribution in [0.4, 0.5) is 0 Å². The van der Waals surface area contributed by atoms with Crippen LogP contribution in [0.15, 0.2) is 0 Å². The van der Waals surface area contributed by atoms with E-state index in [4.69, 9.17) is 0 Å². The predicted molar refractivity (Wildman–Crippen MR) is 212 cm³/mol. The molecule has 0 radical (unpaired) electrons. The van der Waals surface area contributed by atoms with Crippen molar-refractivity contribution >= 4 is 56.2 Å². The van der Waals surface area contributed by atoms with Crippen molar-refractivity contribution in [3.05, 3.63) is 0 Å². The minimum atomic E-state index is 0.0917. The predicted octanol–water partition coefficient (Wildman–Crippen LogP) is 14.3.